The summed E-state index contributed by atoms with van der Waals surface area (Å²) in [6.45, 7) is 4.60. The lowest BCUT2D eigenvalue weighted by atomic mass is 10.1. The zero-order chi connectivity index (χ0) is 18.9. The largest absolute Gasteiger partial charge is 0.493 e. The van der Waals surface area contributed by atoms with E-state index < -0.39 is 0 Å². The number of methoxy groups -OCH3 is 1. The maximum atomic E-state index is 12.0. The van der Waals surface area contributed by atoms with E-state index in [2.05, 4.69) is 40.0 Å². The van der Waals surface area contributed by atoms with Crippen LogP contribution in [-0.2, 0) is 17.6 Å². The highest BCUT2D eigenvalue weighted by Gasteiger charge is 2.10. The van der Waals surface area contributed by atoms with Crippen molar-refractivity contribution in [2.45, 2.75) is 26.7 Å². The van der Waals surface area contributed by atoms with Gasteiger partial charge in [0.1, 0.15) is 0 Å². The van der Waals surface area contributed by atoms with Crippen LogP contribution in [0.3, 0.4) is 0 Å². The van der Waals surface area contributed by atoms with E-state index in [9.17, 15) is 4.79 Å². The van der Waals surface area contributed by atoms with E-state index in [1.807, 2.05) is 43.3 Å². The monoisotopic (exact) mass is 466 g/mol. The topological polar surface area (TPSA) is 59.9 Å². The molecule has 0 aliphatic carbocycles. The van der Waals surface area contributed by atoms with Crippen LogP contribution in [0.25, 0.3) is 0 Å². The molecule has 2 aromatic carbocycles. The van der Waals surface area contributed by atoms with Gasteiger partial charge in [0.25, 0.3) is 0 Å². The molecule has 26 heavy (non-hydrogen) atoms. The molecule has 0 unspecified atom stereocenters. The maximum absolute atomic E-state index is 12.0. The number of rotatable bonds is 8. The van der Waals surface area contributed by atoms with Gasteiger partial charge in [0, 0.05) is 0 Å². The molecule has 6 heteroatoms. The fourth-order valence-corrected chi connectivity index (χ4v) is 3.18. The normalized spacial score (nSPS) is 10.8. The van der Waals surface area contributed by atoms with Crippen molar-refractivity contribution in [3.63, 3.8) is 0 Å². The summed E-state index contributed by atoms with van der Waals surface area (Å²) < 4.78 is 11.9. The number of nitrogens with zero attached hydrogens (tertiary/aromatic N) is 1. The molecule has 0 aromatic heterocycles. The van der Waals surface area contributed by atoms with Crippen molar-refractivity contribution in [1.82, 2.24) is 5.43 Å². The lowest BCUT2D eigenvalue weighted by Crippen LogP contribution is -2.19. The zero-order valence-electron chi connectivity index (χ0n) is 15.2. The number of carbonyl (C=O) groups excluding carboxylic acids is 1. The molecule has 5 nitrogen and oxygen atoms in total. The average Bonchev–Trinajstić information content (AvgIpc) is 2.64. The Labute approximate surface area is 167 Å². The Morgan fingerprint density at radius 2 is 1.88 bits per heavy atom. The van der Waals surface area contributed by atoms with Gasteiger partial charge in [0.15, 0.2) is 11.5 Å². The molecule has 0 heterocycles. The second-order valence-electron chi connectivity index (χ2n) is 5.61. The summed E-state index contributed by atoms with van der Waals surface area (Å²) in [4.78, 5) is 12.0. The number of benzene rings is 2. The highest BCUT2D eigenvalue weighted by molar-refractivity contribution is 14.1. The van der Waals surface area contributed by atoms with Crippen LogP contribution in [0.4, 0.5) is 0 Å². The Morgan fingerprint density at radius 3 is 2.50 bits per heavy atom. The highest BCUT2D eigenvalue weighted by Crippen LogP contribution is 2.33. The second-order valence-corrected chi connectivity index (χ2v) is 6.77. The summed E-state index contributed by atoms with van der Waals surface area (Å²) in [5.74, 6) is 1.20. The van der Waals surface area contributed by atoms with Crippen LogP contribution in [0, 0.1) is 3.57 Å². The minimum absolute atomic E-state index is 0.155. The van der Waals surface area contributed by atoms with E-state index >= 15 is 0 Å². The van der Waals surface area contributed by atoms with Gasteiger partial charge in [-0.25, -0.2) is 5.43 Å². The standard InChI is InChI=1S/C20H23IN2O3/c1-4-14-6-8-15(9-7-14)12-19(24)23-22-13-16-10-17(21)20(26-5-2)18(11-16)25-3/h6-11,13H,4-5,12H2,1-3H3,(H,23,24)/b22-13+. The molecule has 0 saturated carbocycles. The molecule has 0 aliphatic heterocycles. The summed E-state index contributed by atoms with van der Waals surface area (Å²) in [7, 11) is 1.60. The number of carbonyl (C=O) groups is 1. The zero-order valence-corrected chi connectivity index (χ0v) is 17.4. The first-order chi connectivity index (χ1) is 12.6. The maximum Gasteiger partial charge on any atom is 0.244 e. The number of aryl methyl sites for hydroxylation is 1. The summed E-state index contributed by atoms with van der Waals surface area (Å²) in [5, 5.41) is 4.04. The molecule has 0 atom stereocenters. The Bertz CT molecular complexity index is 773. The van der Waals surface area contributed by atoms with E-state index in [0.29, 0.717) is 24.5 Å². The molecular formula is C20H23IN2O3. The van der Waals surface area contributed by atoms with Crippen LogP contribution in [0.15, 0.2) is 41.5 Å². The van der Waals surface area contributed by atoms with E-state index in [1.54, 1.807) is 13.3 Å². The van der Waals surface area contributed by atoms with Crippen molar-refractivity contribution in [3.8, 4) is 11.5 Å². The van der Waals surface area contributed by atoms with Crippen molar-refractivity contribution in [3.05, 3.63) is 56.7 Å². The van der Waals surface area contributed by atoms with Crippen molar-refractivity contribution >= 4 is 34.7 Å². The third-order valence-corrected chi connectivity index (χ3v) is 4.54. The number of hydrazone groups is 1. The van der Waals surface area contributed by atoms with Gasteiger partial charge < -0.3 is 9.47 Å². The third-order valence-electron chi connectivity index (χ3n) is 3.74. The number of nitrogens with one attached hydrogen (secondary N) is 1. The molecular weight excluding hydrogens is 443 g/mol. The number of halogens is 1. The van der Waals surface area contributed by atoms with Crippen LogP contribution >= 0.6 is 22.6 Å². The molecule has 138 valence electrons. The first kappa shape index (κ1) is 20.2. The number of ether oxygens (including phenoxy) is 2. The van der Waals surface area contributed by atoms with Crippen LogP contribution in [-0.4, -0.2) is 25.8 Å². The first-order valence-electron chi connectivity index (χ1n) is 8.47. The summed E-state index contributed by atoms with van der Waals surface area (Å²) in [6.07, 6.45) is 2.88. The van der Waals surface area contributed by atoms with Crippen LogP contribution in [0.5, 0.6) is 11.5 Å². The van der Waals surface area contributed by atoms with E-state index in [1.165, 1.54) is 5.56 Å². The quantitative estimate of drug-likeness (QED) is 0.364. The Kier molecular flexibility index (Phi) is 7.90. The Morgan fingerprint density at radius 1 is 1.19 bits per heavy atom. The fourth-order valence-electron chi connectivity index (χ4n) is 2.40. The van der Waals surface area contributed by atoms with Gasteiger partial charge in [0.05, 0.1) is 29.9 Å². The molecule has 2 aromatic rings. The van der Waals surface area contributed by atoms with Crippen molar-refractivity contribution in [2.24, 2.45) is 5.10 Å². The van der Waals surface area contributed by atoms with Crippen LogP contribution in [0.1, 0.15) is 30.5 Å². The van der Waals surface area contributed by atoms with Crippen LogP contribution in [0.2, 0.25) is 0 Å². The highest BCUT2D eigenvalue weighted by atomic mass is 127. The van der Waals surface area contributed by atoms with E-state index in [0.717, 1.165) is 21.1 Å². The lowest BCUT2D eigenvalue weighted by molar-refractivity contribution is -0.120. The minimum atomic E-state index is -0.155. The van der Waals surface area contributed by atoms with Gasteiger partial charge in [0.2, 0.25) is 5.91 Å². The molecule has 1 N–H and O–H groups in total. The first-order valence-corrected chi connectivity index (χ1v) is 9.55. The van der Waals surface area contributed by atoms with Crippen molar-refractivity contribution in [1.29, 1.82) is 0 Å². The van der Waals surface area contributed by atoms with Gasteiger partial charge >= 0.3 is 0 Å². The molecule has 0 fully saturated rings. The summed E-state index contributed by atoms with van der Waals surface area (Å²) >= 11 is 2.19. The van der Waals surface area contributed by atoms with Gasteiger partial charge in [-0.3, -0.25) is 4.79 Å². The Hall–Kier alpha value is -2.09. The predicted molar refractivity (Wildman–Crippen MR) is 112 cm³/mol. The molecule has 0 spiro atoms. The average molecular weight is 466 g/mol. The van der Waals surface area contributed by atoms with Gasteiger partial charge in [-0.05, 0) is 64.8 Å². The van der Waals surface area contributed by atoms with Crippen molar-refractivity contribution < 1.29 is 14.3 Å². The third kappa shape index (κ3) is 5.72. The SMILES string of the molecule is CCOc1c(I)cc(/C=N/NC(=O)Cc2ccc(CC)cc2)cc1OC. The number of amides is 1. The fraction of sp³-hybridized carbons (Fsp3) is 0.300. The second kappa shape index (κ2) is 10.2. The van der Waals surface area contributed by atoms with Gasteiger partial charge in [-0.2, -0.15) is 5.10 Å². The molecule has 2 rings (SSSR count). The van der Waals surface area contributed by atoms with Gasteiger partial charge in [-0.1, -0.05) is 31.2 Å². The van der Waals surface area contributed by atoms with Gasteiger partial charge in [-0.15, -0.1) is 0 Å². The van der Waals surface area contributed by atoms with E-state index in [4.69, 9.17) is 9.47 Å². The molecule has 0 bridgehead atoms. The van der Waals surface area contributed by atoms with Crippen molar-refractivity contribution in [2.75, 3.05) is 13.7 Å². The summed E-state index contributed by atoms with van der Waals surface area (Å²) in [5.41, 5.74) is 5.60. The minimum Gasteiger partial charge on any atom is -0.493 e. The van der Waals surface area contributed by atoms with Crippen LogP contribution < -0.4 is 14.9 Å². The number of hydrogen-bond acceptors (Lipinski definition) is 4. The molecule has 0 radical (unpaired) electrons. The molecule has 1 amide bonds. The smallest absolute Gasteiger partial charge is 0.244 e. The molecule has 0 aliphatic rings. The molecule has 0 saturated heterocycles. The summed E-state index contributed by atoms with van der Waals surface area (Å²) in [6, 6.07) is 11.8. The lowest BCUT2D eigenvalue weighted by Gasteiger charge is -2.12. The Balaban J connectivity index is 1.98. The van der Waals surface area contributed by atoms with E-state index in [-0.39, 0.29) is 5.91 Å². The predicted octanol–water partition coefficient (Wildman–Crippen LogP) is 3.95. The number of hydrogen-bond donors (Lipinski definition) is 1.